The summed E-state index contributed by atoms with van der Waals surface area (Å²) in [5.74, 6) is -14.6. The first-order valence-electron chi connectivity index (χ1n) is 6.28. The Hall–Kier alpha value is -1.15. The minimum Gasteiger partial charge on any atom is -0.265 e. The standard InChI is InChI=1S/C12H11F9O3S2/c1-25(2,8-6-4-3-5-7-8)24-26(22,23)12(20,21)10(15,16)9(13,14)11(17,18)19/h3-7H,1-2H3/p+1. The van der Waals surface area contributed by atoms with E-state index in [9.17, 15) is 47.9 Å². The molecule has 0 aliphatic carbocycles. The largest absolute Gasteiger partial charge is 0.486 e. The minimum atomic E-state index is -7.31. The van der Waals surface area contributed by atoms with E-state index in [4.69, 9.17) is 0 Å². The van der Waals surface area contributed by atoms with Gasteiger partial charge in [-0.2, -0.15) is 39.5 Å². The molecule has 3 nitrogen and oxygen atoms in total. The van der Waals surface area contributed by atoms with Crippen LogP contribution in [0.1, 0.15) is 0 Å². The van der Waals surface area contributed by atoms with Crippen molar-refractivity contribution >= 4 is 20.4 Å². The van der Waals surface area contributed by atoms with Gasteiger partial charge in [0.15, 0.2) is 0 Å². The van der Waals surface area contributed by atoms with Gasteiger partial charge in [-0.15, -0.1) is 8.42 Å². The van der Waals surface area contributed by atoms with Crippen LogP contribution in [0.3, 0.4) is 0 Å². The lowest BCUT2D eigenvalue weighted by Crippen LogP contribution is -2.63. The Morgan fingerprint density at radius 3 is 1.58 bits per heavy atom. The fraction of sp³-hybridized carbons (Fsp3) is 0.500. The molecule has 0 bridgehead atoms. The maximum atomic E-state index is 13.7. The molecule has 0 atom stereocenters. The van der Waals surface area contributed by atoms with Gasteiger partial charge in [0.1, 0.15) is 0 Å². The molecule has 0 aromatic heterocycles. The van der Waals surface area contributed by atoms with Crippen LogP contribution in [0.4, 0.5) is 39.5 Å². The molecule has 0 radical (unpaired) electrons. The number of rotatable bonds is 6. The van der Waals surface area contributed by atoms with Crippen molar-refractivity contribution in [3.05, 3.63) is 30.3 Å². The fourth-order valence-corrected chi connectivity index (χ4v) is 5.57. The monoisotopic (exact) mass is 439 g/mol. The summed E-state index contributed by atoms with van der Waals surface area (Å²) in [7, 11) is -9.91. The maximum Gasteiger partial charge on any atom is 0.486 e. The van der Waals surface area contributed by atoms with Crippen molar-refractivity contribution in [1.29, 1.82) is 0 Å². The molecular weight excluding hydrogens is 427 g/mol. The lowest BCUT2D eigenvalue weighted by atomic mass is 10.1. The van der Waals surface area contributed by atoms with Crippen molar-refractivity contribution in [3.8, 4) is 0 Å². The van der Waals surface area contributed by atoms with Gasteiger partial charge in [-0.25, -0.2) is 0 Å². The van der Waals surface area contributed by atoms with Crippen molar-refractivity contribution < 1.29 is 51.6 Å². The van der Waals surface area contributed by atoms with Crippen molar-refractivity contribution in [3.63, 3.8) is 0 Å². The van der Waals surface area contributed by atoms with Gasteiger partial charge in [0.05, 0.1) is 4.90 Å². The second kappa shape index (κ2) is 6.48. The molecule has 26 heavy (non-hydrogen) atoms. The van der Waals surface area contributed by atoms with E-state index in [-0.39, 0.29) is 4.90 Å². The zero-order chi connectivity index (χ0) is 20.8. The Kier molecular flexibility index (Phi) is 5.70. The molecule has 0 spiro atoms. The van der Waals surface area contributed by atoms with E-state index in [2.05, 4.69) is 3.63 Å². The van der Waals surface area contributed by atoms with Gasteiger partial charge in [0.2, 0.25) is 0 Å². The third-order valence-corrected chi connectivity index (χ3v) is 7.65. The molecule has 0 aliphatic heterocycles. The Bertz CT molecular complexity index is 743. The highest BCUT2D eigenvalue weighted by molar-refractivity contribution is 8.31. The number of alkyl halides is 9. The maximum absolute atomic E-state index is 13.7. The smallest absolute Gasteiger partial charge is 0.265 e. The van der Waals surface area contributed by atoms with Crippen molar-refractivity contribution in [2.75, 3.05) is 12.5 Å². The second-order valence-electron chi connectivity index (χ2n) is 5.30. The van der Waals surface area contributed by atoms with E-state index in [0.717, 1.165) is 12.5 Å². The minimum absolute atomic E-state index is 0.00901. The average molecular weight is 439 g/mol. The van der Waals surface area contributed by atoms with Gasteiger partial charge in [0, 0.05) is 22.8 Å². The van der Waals surface area contributed by atoms with Gasteiger partial charge >= 0.3 is 33.4 Å². The van der Waals surface area contributed by atoms with E-state index in [1.165, 1.54) is 30.3 Å². The van der Waals surface area contributed by atoms with E-state index < -0.39 is 43.7 Å². The quantitative estimate of drug-likeness (QED) is 0.361. The Labute approximate surface area is 143 Å². The Morgan fingerprint density at radius 1 is 0.769 bits per heavy atom. The molecule has 0 aliphatic rings. The van der Waals surface area contributed by atoms with E-state index >= 15 is 0 Å². The zero-order valence-corrected chi connectivity index (χ0v) is 14.5. The Morgan fingerprint density at radius 2 is 1.19 bits per heavy atom. The highest BCUT2D eigenvalue weighted by Gasteiger charge is 2.87. The van der Waals surface area contributed by atoms with Gasteiger partial charge in [-0.1, -0.05) is 18.2 Å². The van der Waals surface area contributed by atoms with Crippen LogP contribution < -0.4 is 0 Å². The summed E-state index contributed by atoms with van der Waals surface area (Å²) in [5, 5.41) is -6.81. The molecule has 0 amide bonds. The molecule has 0 fully saturated rings. The lowest BCUT2D eigenvalue weighted by molar-refractivity contribution is -0.382. The number of benzene rings is 1. The molecule has 1 rings (SSSR count). The van der Waals surface area contributed by atoms with Crippen LogP contribution in [0, 0.1) is 0 Å². The van der Waals surface area contributed by atoms with Crippen LogP contribution >= 0.6 is 10.3 Å². The highest BCUT2D eigenvalue weighted by atomic mass is 32.3. The second-order valence-corrected chi connectivity index (χ2v) is 10.4. The van der Waals surface area contributed by atoms with E-state index in [1.807, 2.05) is 0 Å². The van der Waals surface area contributed by atoms with Crippen LogP contribution in [0.5, 0.6) is 0 Å². The average Bonchev–Trinajstić information content (AvgIpc) is 2.45. The van der Waals surface area contributed by atoms with Gasteiger partial charge in [-0.3, -0.25) is 3.63 Å². The molecular formula is C12H12F9O3S2+. The summed E-state index contributed by atoms with van der Waals surface area (Å²) in [6, 6.07) is 6.51. The Balaban J connectivity index is 3.38. The molecule has 0 saturated carbocycles. The van der Waals surface area contributed by atoms with Crippen LogP contribution in [0.2, 0.25) is 0 Å². The molecule has 0 unspecified atom stereocenters. The van der Waals surface area contributed by atoms with E-state index in [1.54, 1.807) is 0 Å². The molecule has 0 saturated heterocycles. The molecule has 0 heterocycles. The molecule has 1 aromatic rings. The van der Waals surface area contributed by atoms with E-state index in [0.29, 0.717) is 0 Å². The van der Waals surface area contributed by atoms with Crippen LogP contribution in [-0.4, -0.2) is 47.8 Å². The van der Waals surface area contributed by atoms with Crippen molar-refractivity contribution in [1.82, 2.24) is 0 Å². The van der Waals surface area contributed by atoms with Crippen LogP contribution in [0.15, 0.2) is 35.2 Å². The highest BCUT2D eigenvalue weighted by Crippen LogP contribution is 2.57. The summed E-state index contributed by atoms with van der Waals surface area (Å²) in [6.07, 6.45) is -5.21. The first-order chi connectivity index (χ1) is 11.3. The first-order valence-corrected chi connectivity index (χ1v) is 10.1. The van der Waals surface area contributed by atoms with Crippen LogP contribution in [-0.2, 0) is 10.1 Å². The van der Waals surface area contributed by atoms with Crippen LogP contribution in [0.25, 0.3) is 0 Å². The molecule has 1 aromatic carbocycles. The third-order valence-electron chi connectivity index (χ3n) is 3.04. The number of halogens is 9. The lowest BCUT2D eigenvalue weighted by Gasteiger charge is -2.33. The number of hydrogen-bond acceptors (Lipinski definition) is 2. The molecule has 152 valence electrons. The van der Waals surface area contributed by atoms with Gasteiger partial charge < -0.3 is 0 Å². The summed E-state index contributed by atoms with van der Waals surface area (Å²) < 4.78 is 142. The summed E-state index contributed by atoms with van der Waals surface area (Å²) in [5.41, 5.74) is 0. The first kappa shape index (κ1) is 22.9. The van der Waals surface area contributed by atoms with Crippen molar-refractivity contribution in [2.24, 2.45) is 0 Å². The topological polar surface area (TPSA) is 46.9 Å². The predicted molar refractivity (Wildman–Crippen MR) is 76.6 cm³/mol. The number of hydrogen-bond donors (Lipinski definition) is 0. The fourth-order valence-electron chi connectivity index (χ4n) is 1.61. The SMILES string of the molecule is CS(C)([OH+]S(=O)(=O)C(F)(F)C(F)(F)C(F)(F)C(F)(F)F)c1ccccc1. The van der Waals surface area contributed by atoms with Gasteiger partial charge in [0.25, 0.3) is 0 Å². The van der Waals surface area contributed by atoms with Gasteiger partial charge in [-0.05, 0) is 12.1 Å². The molecule has 1 N–H and O–H groups in total. The predicted octanol–water partition coefficient (Wildman–Crippen LogP) is 4.87. The zero-order valence-electron chi connectivity index (χ0n) is 12.9. The summed E-state index contributed by atoms with van der Waals surface area (Å²) in [4.78, 5) is -0.00901. The third kappa shape index (κ3) is 3.63. The summed E-state index contributed by atoms with van der Waals surface area (Å²) >= 11 is 0. The normalized spacial score (nSPS) is 15.8. The summed E-state index contributed by atoms with van der Waals surface area (Å²) in [6.45, 7) is 0. The molecule has 14 heteroatoms. The van der Waals surface area contributed by atoms with Crippen molar-refractivity contribution in [2.45, 2.75) is 28.2 Å².